The van der Waals surface area contributed by atoms with Crippen LogP contribution in [0.1, 0.15) is 23.2 Å². The van der Waals surface area contributed by atoms with E-state index in [0.717, 1.165) is 17.7 Å². The van der Waals surface area contributed by atoms with Crippen LogP contribution in [0.2, 0.25) is 0 Å². The van der Waals surface area contributed by atoms with E-state index < -0.39 is 11.2 Å². The van der Waals surface area contributed by atoms with Crippen LogP contribution < -0.4 is 22.3 Å². The molecule has 122 valence electrons. The molecule has 1 aromatic heterocycles. The Kier molecular flexibility index (Phi) is 5.15. The van der Waals surface area contributed by atoms with Crippen molar-refractivity contribution < 1.29 is 9.53 Å². The van der Waals surface area contributed by atoms with Gasteiger partial charge in [-0.05, 0) is 25.9 Å². The van der Waals surface area contributed by atoms with Gasteiger partial charge in [0.05, 0.1) is 13.2 Å². The largest absolute Gasteiger partial charge is 0.384 e. The molecule has 0 aliphatic carbocycles. The summed E-state index contributed by atoms with van der Waals surface area (Å²) in [5.41, 5.74) is 4.72. The topological polar surface area (TPSA) is 108 Å². The van der Waals surface area contributed by atoms with Gasteiger partial charge in [0.2, 0.25) is 0 Å². The maximum Gasteiger partial charge on any atom is 0.332 e. The monoisotopic (exact) mass is 310 g/mol. The Hall–Kier alpha value is -1.93. The molecule has 0 radical (unpaired) electrons. The highest BCUT2D eigenvalue weighted by molar-refractivity contribution is 6.01. The minimum absolute atomic E-state index is 0.0614. The second-order valence-corrected chi connectivity index (χ2v) is 5.44. The van der Waals surface area contributed by atoms with E-state index in [9.17, 15) is 14.4 Å². The summed E-state index contributed by atoms with van der Waals surface area (Å²) < 4.78 is 7.10. The normalized spacial score (nSPS) is 15.9. The van der Waals surface area contributed by atoms with E-state index in [1.165, 1.54) is 18.7 Å². The first-order chi connectivity index (χ1) is 10.5. The lowest BCUT2D eigenvalue weighted by Crippen LogP contribution is -2.44. The number of anilines is 1. The highest BCUT2D eigenvalue weighted by Gasteiger charge is 2.28. The molecule has 1 aliphatic heterocycles. The average molecular weight is 310 g/mol. The molecule has 0 amide bonds. The third-order valence-corrected chi connectivity index (χ3v) is 4.06. The molecular weight excluding hydrogens is 288 g/mol. The molecule has 8 heteroatoms. The lowest BCUT2D eigenvalue weighted by atomic mass is 9.90. The summed E-state index contributed by atoms with van der Waals surface area (Å²) in [5.74, 6) is -0.566. The molecule has 22 heavy (non-hydrogen) atoms. The van der Waals surface area contributed by atoms with Crippen molar-refractivity contribution in [1.29, 1.82) is 0 Å². The van der Waals surface area contributed by atoms with Crippen molar-refractivity contribution in [1.82, 2.24) is 14.5 Å². The molecule has 1 saturated heterocycles. The van der Waals surface area contributed by atoms with Crippen LogP contribution in [0, 0.1) is 5.92 Å². The van der Waals surface area contributed by atoms with Crippen LogP contribution in [0.4, 0.5) is 5.82 Å². The fourth-order valence-electron chi connectivity index (χ4n) is 2.70. The fourth-order valence-corrected chi connectivity index (χ4v) is 2.70. The van der Waals surface area contributed by atoms with Gasteiger partial charge in [-0.3, -0.25) is 18.7 Å². The predicted octanol–water partition coefficient (Wildman–Crippen LogP) is -1.04. The van der Waals surface area contributed by atoms with Gasteiger partial charge in [-0.25, -0.2) is 4.79 Å². The molecule has 1 aliphatic rings. The third kappa shape index (κ3) is 2.97. The Balaban J connectivity index is 2.50. The molecule has 8 nitrogen and oxygen atoms in total. The van der Waals surface area contributed by atoms with E-state index >= 15 is 0 Å². The zero-order valence-corrected chi connectivity index (χ0v) is 12.9. The molecule has 2 heterocycles. The number of piperidine rings is 1. The van der Waals surface area contributed by atoms with Crippen molar-refractivity contribution in [2.24, 2.45) is 13.0 Å². The van der Waals surface area contributed by atoms with Gasteiger partial charge in [0.15, 0.2) is 5.78 Å². The quantitative estimate of drug-likeness (QED) is 0.672. The minimum Gasteiger partial charge on any atom is -0.384 e. The predicted molar refractivity (Wildman–Crippen MR) is 82.2 cm³/mol. The van der Waals surface area contributed by atoms with E-state index in [0.29, 0.717) is 12.8 Å². The van der Waals surface area contributed by atoms with E-state index in [2.05, 4.69) is 5.32 Å². The highest BCUT2D eigenvalue weighted by atomic mass is 16.5. The van der Waals surface area contributed by atoms with Crippen LogP contribution in [-0.2, 0) is 18.3 Å². The number of carbonyl (C=O) groups is 1. The lowest BCUT2D eigenvalue weighted by Gasteiger charge is -2.22. The molecule has 3 N–H and O–H groups in total. The Labute approximate surface area is 127 Å². The van der Waals surface area contributed by atoms with Crippen molar-refractivity contribution in [3.63, 3.8) is 0 Å². The number of nitrogens with one attached hydrogen (secondary N) is 1. The Morgan fingerprint density at radius 2 is 2.00 bits per heavy atom. The summed E-state index contributed by atoms with van der Waals surface area (Å²) in [5, 5.41) is 3.17. The Morgan fingerprint density at radius 1 is 1.36 bits per heavy atom. The zero-order valence-electron chi connectivity index (χ0n) is 12.9. The summed E-state index contributed by atoms with van der Waals surface area (Å²) in [6.07, 6.45) is 1.33. The van der Waals surface area contributed by atoms with Gasteiger partial charge in [0.25, 0.3) is 5.56 Å². The van der Waals surface area contributed by atoms with Crippen LogP contribution >= 0.6 is 0 Å². The van der Waals surface area contributed by atoms with Crippen LogP contribution in [0.25, 0.3) is 0 Å². The number of methoxy groups -OCH3 is 1. The van der Waals surface area contributed by atoms with Crippen molar-refractivity contribution >= 4 is 11.6 Å². The van der Waals surface area contributed by atoms with E-state index in [4.69, 9.17) is 10.5 Å². The average Bonchev–Trinajstić information content (AvgIpc) is 2.53. The molecule has 2 rings (SSSR count). The van der Waals surface area contributed by atoms with E-state index in [-0.39, 0.29) is 36.2 Å². The van der Waals surface area contributed by atoms with Crippen molar-refractivity contribution in [3.8, 4) is 0 Å². The smallest absolute Gasteiger partial charge is 0.332 e. The SMILES string of the molecule is COCCn1c(N)c(C(=O)C2CCNCC2)c(=O)n(C)c1=O. The molecule has 0 atom stereocenters. The number of Topliss-reactive ketones (excluding diaryl/α,β-unsaturated/α-hetero) is 1. The van der Waals surface area contributed by atoms with Crippen LogP contribution in [-0.4, -0.2) is 41.7 Å². The van der Waals surface area contributed by atoms with Gasteiger partial charge < -0.3 is 15.8 Å². The first-order valence-corrected chi connectivity index (χ1v) is 7.32. The summed E-state index contributed by atoms with van der Waals surface area (Å²) in [7, 11) is 2.86. The molecule has 0 bridgehead atoms. The second kappa shape index (κ2) is 6.89. The first kappa shape index (κ1) is 16.4. The number of hydrogen-bond donors (Lipinski definition) is 2. The summed E-state index contributed by atoms with van der Waals surface area (Å²) in [4.78, 5) is 37.1. The second-order valence-electron chi connectivity index (χ2n) is 5.44. The van der Waals surface area contributed by atoms with Crippen LogP contribution in [0.5, 0.6) is 0 Å². The molecule has 0 aromatic carbocycles. The van der Waals surface area contributed by atoms with Crippen molar-refractivity contribution in [2.45, 2.75) is 19.4 Å². The van der Waals surface area contributed by atoms with Gasteiger partial charge in [0.1, 0.15) is 11.4 Å². The number of hydrogen-bond acceptors (Lipinski definition) is 6. The summed E-state index contributed by atoms with van der Waals surface area (Å²) in [6, 6.07) is 0. The maximum atomic E-state index is 12.7. The first-order valence-electron chi connectivity index (χ1n) is 7.32. The van der Waals surface area contributed by atoms with Gasteiger partial charge in [0, 0.05) is 20.1 Å². The molecule has 1 aromatic rings. The standard InChI is InChI=1S/C14H22N4O4/c1-17-13(20)10(11(19)9-3-5-16-6-4-9)12(15)18(14(17)21)7-8-22-2/h9,16H,3-8,15H2,1-2H3. The number of carbonyl (C=O) groups excluding carboxylic acids is 1. The van der Waals surface area contributed by atoms with Crippen molar-refractivity contribution in [2.75, 3.05) is 32.5 Å². The molecule has 0 saturated carbocycles. The Morgan fingerprint density at radius 3 is 2.59 bits per heavy atom. The van der Waals surface area contributed by atoms with Crippen LogP contribution in [0.15, 0.2) is 9.59 Å². The number of nitrogens with two attached hydrogens (primary N) is 1. The molecular formula is C14H22N4O4. The van der Waals surface area contributed by atoms with Gasteiger partial charge >= 0.3 is 5.69 Å². The number of rotatable bonds is 5. The highest BCUT2D eigenvalue weighted by Crippen LogP contribution is 2.19. The van der Waals surface area contributed by atoms with E-state index in [1.54, 1.807) is 0 Å². The number of aromatic nitrogens is 2. The van der Waals surface area contributed by atoms with Crippen molar-refractivity contribution in [3.05, 3.63) is 26.4 Å². The summed E-state index contributed by atoms with van der Waals surface area (Å²) >= 11 is 0. The third-order valence-electron chi connectivity index (χ3n) is 4.06. The number of ether oxygens (including phenoxy) is 1. The zero-order chi connectivity index (χ0) is 16.3. The lowest BCUT2D eigenvalue weighted by molar-refractivity contribution is 0.0892. The minimum atomic E-state index is -0.625. The van der Waals surface area contributed by atoms with Gasteiger partial charge in [-0.1, -0.05) is 0 Å². The Bertz CT molecular complexity index is 671. The maximum absolute atomic E-state index is 12.7. The van der Waals surface area contributed by atoms with E-state index in [1.807, 2.05) is 0 Å². The molecule has 0 spiro atoms. The van der Waals surface area contributed by atoms with Crippen LogP contribution in [0.3, 0.4) is 0 Å². The molecule has 0 unspecified atom stereocenters. The number of ketones is 1. The fraction of sp³-hybridized carbons (Fsp3) is 0.643. The molecule has 1 fully saturated rings. The van der Waals surface area contributed by atoms with Gasteiger partial charge in [-0.15, -0.1) is 0 Å². The number of nitrogens with zero attached hydrogens (tertiary/aromatic N) is 2. The number of nitrogen functional groups attached to an aromatic ring is 1. The van der Waals surface area contributed by atoms with Gasteiger partial charge in [-0.2, -0.15) is 0 Å². The summed E-state index contributed by atoms with van der Waals surface area (Å²) in [6.45, 7) is 1.94.